The van der Waals surface area contributed by atoms with E-state index in [-0.39, 0.29) is 16.9 Å². The molecular weight excluding hydrogens is 292 g/mol. The van der Waals surface area contributed by atoms with Crippen LogP contribution in [0.5, 0.6) is 0 Å². The lowest BCUT2D eigenvalue weighted by Gasteiger charge is -2.03. The van der Waals surface area contributed by atoms with Gasteiger partial charge in [0.25, 0.3) is 5.78 Å². The Bertz CT molecular complexity index is 579. The molecule has 0 unspecified atom stereocenters. The maximum Gasteiger partial charge on any atom is 0.455 e. The van der Waals surface area contributed by atoms with Gasteiger partial charge in [-0.15, -0.1) is 0 Å². The second-order valence-corrected chi connectivity index (χ2v) is 3.36. The quantitative estimate of drug-likeness (QED) is 0.401. The average molecular weight is 295 g/mol. The number of carbonyl (C=O) groups is 1. The molecule has 19 heavy (non-hydrogen) atoms. The van der Waals surface area contributed by atoms with Crippen molar-refractivity contribution < 1.29 is 22.4 Å². The normalized spacial score (nSPS) is 11.4. The molecule has 0 spiro atoms. The Morgan fingerprint density at radius 1 is 1.58 bits per heavy atom. The first-order chi connectivity index (χ1) is 8.75. The van der Waals surface area contributed by atoms with Gasteiger partial charge in [-0.05, 0) is 6.07 Å². The van der Waals surface area contributed by atoms with Crippen LogP contribution in [-0.4, -0.2) is 23.2 Å². The Hall–Kier alpha value is -2.21. The molecule has 0 atom stereocenters. The highest BCUT2D eigenvalue weighted by molar-refractivity contribution is 6.31. The lowest BCUT2D eigenvalue weighted by Crippen LogP contribution is -2.24. The van der Waals surface area contributed by atoms with Gasteiger partial charge in [0.1, 0.15) is 11.2 Å². The Balaban J connectivity index is 2.86. The van der Waals surface area contributed by atoms with E-state index >= 15 is 0 Å². The number of rotatable bonds is 3. The van der Waals surface area contributed by atoms with Gasteiger partial charge in [0.2, 0.25) is 0 Å². The summed E-state index contributed by atoms with van der Waals surface area (Å²) in [5, 5.41) is 11.0. The molecule has 0 aliphatic carbocycles. The van der Waals surface area contributed by atoms with E-state index in [9.17, 15) is 22.4 Å². The molecular formula is C9H3ClF4N4O. The average Bonchev–Trinajstić information content (AvgIpc) is 2.31. The van der Waals surface area contributed by atoms with Gasteiger partial charge in [-0.2, -0.15) is 23.5 Å². The van der Waals surface area contributed by atoms with Gasteiger partial charge in [-0.25, -0.2) is 9.37 Å². The molecule has 0 aliphatic rings. The maximum atomic E-state index is 13.3. The molecule has 0 radical (unpaired) electrons. The first-order valence-corrected chi connectivity index (χ1v) is 4.80. The van der Waals surface area contributed by atoms with Crippen LogP contribution in [0.1, 0.15) is 5.56 Å². The van der Waals surface area contributed by atoms with E-state index in [2.05, 4.69) is 10.1 Å². The maximum absolute atomic E-state index is 13.3. The van der Waals surface area contributed by atoms with Gasteiger partial charge in [-0.1, -0.05) is 11.6 Å². The number of halogens is 5. The molecule has 0 bridgehead atoms. The van der Waals surface area contributed by atoms with E-state index in [1.54, 1.807) is 11.5 Å². The van der Waals surface area contributed by atoms with Gasteiger partial charge in [0, 0.05) is 0 Å². The molecule has 1 aromatic rings. The van der Waals surface area contributed by atoms with E-state index in [1.807, 2.05) is 0 Å². The van der Waals surface area contributed by atoms with Gasteiger partial charge in [0.05, 0.1) is 11.8 Å². The lowest BCUT2D eigenvalue weighted by molar-refractivity contribution is -0.162. The van der Waals surface area contributed by atoms with E-state index in [0.717, 1.165) is 6.07 Å². The van der Waals surface area contributed by atoms with Crippen LogP contribution in [0, 0.1) is 17.1 Å². The molecule has 10 heteroatoms. The summed E-state index contributed by atoms with van der Waals surface area (Å²) < 4.78 is 48.7. The Labute approximate surface area is 108 Å². The summed E-state index contributed by atoms with van der Waals surface area (Å²) in [5.41, 5.74) is 1.53. The molecule has 0 saturated heterocycles. The summed E-state index contributed by atoms with van der Waals surface area (Å²) in [7, 11) is 0. The van der Waals surface area contributed by atoms with Crippen molar-refractivity contribution in [3.05, 3.63) is 22.6 Å². The van der Waals surface area contributed by atoms with Crippen LogP contribution < -0.4 is 5.43 Å². The van der Waals surface area contributed by atoms with Crippen LogP contribution in [0.3, 0.4) is 0 Å². The number of nitrogens with zero attached hydrogens (tertiary/aromatic N) is 3. The number of anilines is 1. The largest absolute Gasteiger partial charge is 0.455 e. The highest BCUT2D eigenvalue weighted by Crippen LogP contribution is 2.19. The van der Waals surface area contributed by atoms with Gasteiger partial charge >= 0.3 is 6.18 Å². The molecule has 1 aromatic heterocycles. The number of Topliss-reactive ketones (excluding diaryl/α,β-unsaturated/α-hetero) is 1. The van der Waals surface area contributed by atoms with Crippen LogP contribution in [0.4, 0.5) is 23.4 Å². The summed E-state index contributed by atoms with van der Waals surface area (Å²) in [5.74, 6) is -3.90. The minimum atomic E-state index is -5.07. The van der Waals surface area contributed by atoms with Gasteiger partial charge in [0.15, 0.2) is 11.6 Å². The molecule has 5 nitrogen and oxygen atoms in total. The summed E-state index contributed by atoms with van der Waals surface area (Å²) in [4.78, 5) is 13.8. The molecule has 1 rings (SSSR count). The number of carbonyl (C=O) groups excluding carboxylic acids is 1. The zero-order chi connectivity index (χ0) is 14.6. The van der Waals surface area contributed by atoms with E-state index in [1.165, 1.54) is 0 Å². The summed E-state index contributed by atoms with van der Waals surface area (Å²) in [6, 6.07) is 2.27. The minimum Gasteiger partial charge on any atom is -0.283 e. The zero-order valence-corrected chi connectivity index (χ0v) is 9.55. The lowest BCUT2D eigenvalue weighted by atomic mass is 10.3. The number of alkyl halides is 3. The predicted octanol–water partition coefficient (Wildman–Crippen LogP) is 2.27. The van der Waals surface area contributed by atoms with Crippen molar-refractivity contribution >= 4 is 29.4 Å². The van der Waals surface area contributed by atoms with Crippen LogP contribution in [0.2, 0.25) is 5.15 Å². The third-order valence-corrected chi connectivity index (χ3v) is 1.97. The Morgan fingerprint density at radius 2 is 2.21 bits per heavy atom. The number of aromatic nitrogens is 1. The topological polar surface area (TPSA) is 78.1 Å². The number of ketones is 1. The fourth-order valence-corrected chi connectivity index (χ4v) is 1.03. The minimum absolute atomic E-state index is 0.0762. The smallest absolute Gasteiger partial charge is 0.283 e. The Kier molecular flexibility index (Phi) is 4.39. The van der Waals surface area contributed by atoms with Gasteiger partial charge in [-0.3, -0.25) is 10.2 Å². The second-order valence-electron chi connectivity index (χ2n) is 3.00. The SMILES string of the molecule is N#Cc1cc(F)c(NN=CC(=O)C(F)(F)F)nc1Cl. The summed E-state index contributed by atoms with van der Waals surface area (Å²) in [6.07, 6.45) is -5.15. The fraction of sp³-hybridized carbons (Fsp3) is 0.111. The number of pyridine rings is 1. The molecule has 100 valence electrons. The number of hydrogen-bond donors (Lipinski definition) is 1. The van der Waals surface area contributed by atoms with Crippen molar-refractivity contribution in [2.24, 2.45) is 5.10 Å². The first-order valence-electron chi connectivity index (χ1n) is 4.42. The van der Waals surface area contributed by atoms with Crippen molar-refractivity contribution in [3.8, 4) is 6.07 Å². The second kappa shape index (κ2) is 5.62. The van der Waals surface area contributed by atoms with E-state index in [0.29, 0.717) is 0 Å². The predicted molar refractivity (Wildman–Crippen MR) is 57.1 cm³/mol. The van der Waals surface area contributed by atoms with E-state index < -0.39 is 23.6 Å². The fourth-order valence-electron chi connectivity index (χ4n) is 0.848. The molecule has 0 aliphatic heterocycles. The highest BCUT2D eigenvalue weighted by Gasteiger charge is 2.36. The number of nitrogens with one attached hydrogen (secondary N) is 1. The van der Waals surface area contributed by atoms with Crippen LogP contribution in [0.25, 0.3) is 0 Å². The van der Waals surface area contributed by atoms with Crippen molar-refractivity contribution in [2.45, 2.75) is 6.18 Å². The monoisotopic (exact) mass is 294 g/mol. The van der Waals surface area contributed by atoms with Crippen molar-refractivity contribution in [3.63, 3.8) is 0 Å². The molecule has 0 aromatic carbocycles. The third kappa shape index (κ3) is 3.89. The Morgan fingerprint density at radius 3 is 2.74 bits per heavy atom. The van der Waals surface area contributed by atoms with Crippen LogP contribution in [-0.2, 0) is 4.79 Å². The molecule has 0 saturated carbocycles. The third-order valence-electron chi connectivity index (χ3n) is 1.68. The van der Waals surface area contributed by atoms with E-state index in [4.69, 9.17) is 16.9 Å². The van der Waals surface area contributed by atoms with Crippen molar-refractivity contribution in [1.29, 1.82) is 5.26 Å². The van der Waals surface area contributed by atoms with Gasteiger partial charge < -0.3 is 0 Å². The van der Waals surface area contributed by atoms with Crippen LogP contribution in [0.15, 0.2) is 11.2 Å². The van der Waals surface area contributed by atoms with Crippen molar-refractivity contribution in [2.75, 3.05) is 5.43 Å². The zero-order valence-electron chi connectivity index (χ0n) is 8.79. The molecule has 0 fully saturated rings. The molecule has 1 N–H and O–H groups in total. The highest BCUT2D eigenvalue weighted by atomic mass is 35.5. The number of hydrazone groups is 1. The number of nitriles is 1. The van der Waals surface area contributed by atoms with Crippen molar-refractivity contribution in [1.82, 2.24) is 4.98 Å². The first kappa shape index (κ1) is 14.8. The molecule has 1 heterocycles. The summed E-state index contributed by atoms with van der Waals surface area (Å²) >= 11 is 5.48. The number of hydrogen-bond acceptors (Lipinski definition) is 5. The standard InChI is InChI=1S/C9H3ClF4N4O/c10-7-4(2-15)1-5(11)8(17-7)18-16-3-6(19)9(12,13)14/h1,3H,(H,17,18). The van der Waals surface area contributed by atoms with Crippen LogP contribution >= 0.6 is 11.6 Å². The summed E-state index contributed by atoms with van der Waals surface area (Å²) in [6.45, 7) is 0. The molecule has 0 amide bonds.